The van der Waals surface area contributed by atoms with Crippen molar-refractivity contribution in [3.63, 3.8) is 0 Å². The largest absolute Gasteiger partial charge is 0.497 e. The summed E-state index contributed by atoms with van der Waals surface area (Å²) in [5, 5.41) is 1.13. The molecule has 2 aromatic carbocycles. The SMILES string of the molecule is COc1ccc(-n2cc(C=Nc3ccc(Cl)cc3Cl)cc2C)cc1. The molecule has 0 amide bonds. The molecule has 3 rings (SSSR count). The second-order valence-electron chi connectivity index (χ2n) is 5.34. The third kappa shape index (κ3) is 3.64. The maximum absolute atomic E-state index is 6.14. The maximum atomic E-state index is 6.14. The number of benzene rings is 2. The van der Waals surface area contributed by atoms with Crippen LogP contribution in [0.4, 0.5) is 5.69 Å². The van der Waals surface area contributed by atoms with Gasteiger partial charge in [-0.15, -0.1) is 0 Å². The van der Waals surface area contributed by atoms with Gasteiger partial charge in [0.25, 0.3) is 0 Å². The average molecular weight is 359 g/mol. The first kappa shape index (κ1) is 16.6. The minimum absolute atomic E-state index is 0.532. The van der Waals surface area contributed by atoms with Crippen molar-refractivity contribution >= 4 is 35.1 Å². The van der Waals surface area contributed by atoms with Gasteiger partial charge in [0.15, 0.2) is 0 Å². The molecule has 0 saturated carbocycles. The second kappa shape index (κ2) is 7.12. The van der Waals surface area contributed by atoms with Gasteiger partial charge in [0.1, 0.15) is 5.75 Å². The predicted molar refractivity (Wildman–Crippen MR) is 101 cm³/mol. The van der Waals surface area contributed by atoms with Crippen LogP contribution in [-0.2, 0) is 0 Å². The van der Waals surface area contributed by atoms with Crippen molar-refractivity contribution in [1.29, 1.82) is 0 Å². The van der Waals surface area contributed by atoms with E-state index in [0.717, 1.165) is 22.7 Å². The van der Waals surface area contributed by atoms with Gasteiger partial charge >= 0.3 is 0 Å². The first-order chi connectivity index (χ1) is 11.6. The molecule has 122 valence electrons. The molecule has 0 saturated heterocycles. The van der Waals surface area contributed by atoms with E-state index in [1.165, 1.54) is 0 Å². The number of aromatic nitrogens is 1. The van der Waals surface area contributed by atoms with Gasteiger partial charge < -0.3 is 9.30 Å². The maximum Gasteiger partial charge on any atom is 0.119 e. The number of ether oxygens (including phenoxy) is 1. The molecule has 0 radical (unpaired) electrons. The van der Waals surface area contributed by atoms with Gasteiger partial charge in [0.2, 0.25) is 0 Å². The Morgan fingerprint density at radius 3 is 2.46 bits per heavy atom. The Labute approximate surface area is 151 Å². The lowest BCUT2D eigenvalue weighted by atomic mass is 10.3. The smallest absolute Gasteiger partial charge is 0.119 e. The molecule has 1 heterocycles. The van der Waals surface area contributed by atoms with Gasteiger partial charge in [-0.25, -0.2) is 0 Å². The van der Waals surface area contributed by atoms with Crippen LogP contribution in [0.5, 0.6) is 5.75 Å². The molecular formula is C19H16Cl2N2O. The highest BCUT2D eigenvalue weighted by Crippen LogP contribution is 2.28. The van der Waals surface area contributed by atoms with Gasteiger partial charge in [-0.05, 0) is 55.5 Å². The Morgan fingerprint density at radius 2 is 1.79 bits per heavy atom. The van der Waals surface area contributed by atoms with E-state index in [-0.39, 0.29) is 0 Å². The molecule has 0 N–H and O–H groups in total. The average Bonchev–Trinajstić information content (AvgIpc) is 2.95. The fourth-order valence-corrected chi connectivity index (χ4v) is 2.88. The van der Waals surface area contributed by atoms with Gasteiger partial charge in [0.05, 0.1) is 17.8 Å². The fraction of sp³-hybridized carbons (Fsp3) is 0.105. The topological polar surface area (TPSA) is 26.5 Å². The van der Waals surface area contributed by atoms with Crippen molar-refractivity contribution in [1.82, 2.24) is 4.57 Å². The first-order valence-electron chi connectivity index (χ1n) is 7.39. The summed E-state index contributed by atoms with van der Waals surface area (Å²) in [6.07, 6.45) is 3.83. The number of methoxy groups -OCH3 is 1. The van der Waals surface area contributed by atoms with E-state index in [1.54, 1.807) is 31.5 Å². The van der Waals surface area contributed by atoms with Crippen molar-refractivity contribution in [3.05, 3.63) is 76.0 Å². The molecule has 0 atom stereocenters. The third-order valence-electron chi connectivity index (χ3n) is 3.65. The summed E-state index contributed by atoms with van der Waals surface area (Å²) < 4.78 is 7.30. The molecule has 24 heavy (non-hydrogen) atoms. The van der Waals surface area contributed by atoms with E-state index in [1.807, 2.05) is 30.5 Å². The normalized spacial score (nSPS) is 11.2. The Bertz CT molecular complexity index is 883. The lowest BCUT2D eigenvalue weighted by molar-refractivity contribution is 0.414. The van der Waals surface area contributed by atoms with Gasteiger partial charge in [-0.1, -0.05) is 23.2 Å². The summed E-state index contributed by atoms with van der Waals surface area (Å²) >= 11 is 12.0. The van der Waals surface area contributed by atoms with Crippen LogP contribution >= 0.6 is 23.2 Å². The number of nitrogens with zero attached hydrogens (tertiary/aromatic N) is 2. The highest BCUT2D eigenvalue weighted by Gasteiger charge is 2.04. The van der Waals surface area contributed by atoms with Gasteiger partial charge in [-0.2, -0.15) is 0 Å². The van der Waals surface area contributed by atoms with E-state index in [2.05, 4.69) is 22.5 Å². The van der Waals surface area contributed by atoms with Crippen LogP contribution in [0.3, 0.4) is 0 Å². The summed E-state index contributed by atoms with van der Waals surface area (Å²) in [5.74, 6) is 0.836. The molecule has 0 bridgehead atoms. The first-order valence-corrected chi connectivity index (χ1v) is 8.15. The molecule has 1 aromatic heterocycles. The summed E-state index contributed by atoms with van der Waals surface area (Å²) in [6.45, 7) is 2.05. The van der Waals surface area contributed by atoms with Crippen LogP contribution in [0.2, 0.25) is 10.0 Å². The molecule has 0 unspecified atom stereocenters. The highest BCUT2D eigenvalue weighted by molar-refractivity contribution is 6.36. The standard InChI is InChI=1S/C19H16Cl2N2O/c1-13-9-14(11-22-19-8-3-15(20)10-18(19)21)12-23(13)16-4-6-17(24-2)7-5-16/h3-12H,1-2H3. The fourth-order valence-electron chi connectivity index (χ4n) is 2.42. The summed E-state index contributed by atoms with van der Waals surface area (Å²) in [6, 6.07) is 15.2. The van der Waals surface area contributed by atoms with Crippen molar-refractivity contribution in [3.8, 4) is 11.4 Å². The van der Waals surface area contributed by atoms with Crippen LogP contribution in [0.15, 0.2) is 59.7 Å². The Morgan fingerprint density at radius 1 is 1.04 bits per heavy atom. The van der Waals surface area contributed by atoms with Gasteiger partial charge in [-0.3, -0.25) is 4.99 Å². The predicted octanol–water partition coefficient (Wildman–Crippen LogP) is 5.85. The summed E-state index contributed by atoms with van der Waals surface area (Å²) in [7, 11) is 1.66. The van der Waals surface area contributed by atoms with Crippen molar-refractivity contribution < 1.29 is 4.74 Å². The number of aryl methyl sites for hydroxylation is 1. The second-order valence-corrected chi connectivity index (χ2v) is 6.18. The van der Waals surface area contributed by atoms with E-state index in [9.17, 15) is 0 Å². The number of rotatable bonds is 4. The summed E-state index contributed by atoms with van der Waals surface area (Å²) in [4.78, 5) is 4.44. The van der Waals surface area contributed by atoms with E-state index in [0.29, 0.717) is 15.7 Å². The third-order valence-corrected chi connectivity index (χ3v) is 4.18. The van der Waals surface area contributed by atoms with E-state index in [4.69, 9.17) is 27.9 Å². The minimum atomic E-state index is 0.532. The zero-order chi connectivity index (χ0) is 17.1. The quantitative estimate of drug-likeness (QED) is 0.537. The van der Waals surface area contributed by atoms with E-state index < -0.39 is 0 Å². The van der Waals surface area contributed by atoms with E-state index >= 15 is 0 Å². The zero-order valence-electron chi connectivity index (χ0n) is 13.3. The van der Waals surface area contributed by atoms with Crippen molar-refractivity contribution in [2.75, 3.05) is 7.11 Å². The lowest BCUT2D eigenvalue weighted by Gasteiger charge is -2.06. The van der Waals surface area contributed by atoms with Crippen molar-refractivity contribution in [2.24, 2.45) is 4.99 Å². The van der Waals surface area contributed by atoms with Crippen LogP contribution in [0.25, 0.3) is 5.69 Å². The molecule has 5 heteroatoms. The minimum Gasteiger partial charge on any atom is -0.497 e. The van der Waals surface area contributed by atoms with Crippen LogP contribution < -0.4 is 4.74 Å². The highest BCUT2D eigenvalue weighted by atomic mass is 35.5. The molecule has 0 aliphatic heterocycles. The molecule has 3 nitrogen and oxygen atoms in total. The van der Waals surface area contributed by atoms with Crippen LogP contribution in [0.1, 0.15) is 11.3 Å². The number of aliphatic imine (C=N–C) groups is 1. The number of hydrogen-bond acceptors (Lipinski definition) is 2. The van der Waals surface area contributed by atoms with Crippen LogP contribution in [0, 0.1) is 6.92 Å². The molecular weight excluding hydrogens is 343 g/mol. The van der Waals surface area contributed by atoms with Gasteiger partial charge in [0, 0.05) is 34.4 Å². The number of hydrogen-bond donors (Lipinski definition) is 0. The van der Waals surface area contributed by atoms with Crippen LogP contribution in [-0.4, -0.2) is 17.9 Å². The Balaban J connectivity index is 1.86. The molecule has 3 aromatic rings. The monoisotopic (exact) mass is 358 g/mol. The number of halogens is 2. The Kier molecular flexibility index (Phi) is 4.93. The molecule has 0 fully saturated rings. The lowest BCUT2D eigenvalue weighted by Crippen LogP contribution is -1.94. The zero-order valence-corrected chi connectivity index (χ0v) is 14.8. The molecule has 0 spiro atoms. The Hall–Kier alpha value is -2.23. The molecule has 0 aliphatic rings. The summed E-state index contributed by atoms with van der Waals surface area (Å²) in [5.41, 5.74) is 3.87. The molecule has 0 aliphatic carbocycles. The van der Waals surface area contributed by atoms with Crippen molar-refractivity contribution in [2.45, 2.75) is 6.92 Å².